The number of aryl methyl sites for hydroxylation is 1. The van der Waals surface area contributed by atoms with E-state index >= 15 is 0 Å². The van der Waals surface area contributed by atoms with Crippen molar-refractivity contribution >= 4 is 11.6 Å². The van der Waals surface area contributed by atoms with Crippen LogP contribution in [0, 0.1) is 6.92 Å². The van der Waals surface area contributed by atoms with E-state index in [0.717, 1.165) is 11.3 Å². The van der Waals surface area contributed by atoms with E-state index in [2.05, 4.69) is 9.97 Å². The molecule has 0 fully saturated rings. The summed E-state index contributed by atoms with van der Waals surface area (Å²) in [6.45, 7) is 3.51. The van der Waals surface area contributed by atoms with Gasteiger partial charge in [0.15, 0.2) is 17.3 Å². The number of methoxy groups -OCH3 is 2. The fourth-order valence-electron chi connectivity index (χ4n) is 2.07. The van der Waals surface area contributed by atoms with E-state index in [4.69, 9.17) is 21.1 Å². The number of hydrogen-bond donors (Lipinski definition) is 1. The van der Waals surface area contributed by atoms with Gasteiger partial charge in [0, 0.05) is 23.0 Å². The lowest BCUT2D eigenvalue weighted by Gasteiger charge is -2.12. The Morgan fingerprint density at radius 1 is 1.24 bits per heavy atom. The highest BCUT2D eigenvalue weighted by molar-refractivity contribution is 6.32. The van der Waals surface area contributed by atoms with Gasteiger partial charge in [0.05, 0.1) is 25.3 Å². The molecule has 21 heavy (non-hydrogen) atoms. The average Bonchev–Trinajstić information content (AvgIpc) is 2.45. The smallest absolute Gasteiger partial charge is 0.179 e. The molecule has 2 aromatic rings. The zero-order chi connectivity index (χ0) is 15.6. The van der Waals surface area contributed by atoms with Gasteiger partial charge in [-0.3, -0.25) is 0 Å². The number of ether oxygens (including phenoxy) is 2. The Balaban J connectivity index is 2.52. The first-order chi connectivity index (χ1) is 9.97. The van der Waals surface area contributed by atoms with Gasteiger partial charge >= 0.3 is 0 Å². The number of aromatic nitrogens is 2. The normalized spacial score (nSPS) is 12.1. The van der Waals surface area contributed by atoms with Gasteiger partial charge in [-0.25, -0.2) is 9.97 Å². The average molecular weight is 309 g/mol. The van der Waals surface area contributed by atoms with Gasteiger partial charge < -0.3 is 14.6 Å². The molecule has 1 aromatic carbocycles. The molecular formula is C15H17ClN2O3. The Bertz CT molecular complexity index is 660. The van der Waals surface area contributed by atoms with Gasteiger partial charge in [-0.1, -0.05) is 11.6 Å². The van der Waals surface area contributed by atoms with Crippen LogP contribution in [0.5, 0.6) is 11.5 Å². The number of nitrogens with zero attached hydrogens (tertiary/aromatic N) is 2. The van der Waals surface area contributed by atoms with Gasteiger partial charge in [0.1, 0.15) is 0 Å². The number of hydrogen-bond acceptors (Lipinski definition) is 5. The number of halogens is 1. The standard InChI is InChI=1S/C15H17ClN2O3/c1-8-11(9(2)19)7-17-15(18-8)10-5-12(16)14(21-4)13(6-10)20-3/h5-7,9,19H,1-4H3/t9-/m0/s1. The van der Waals surface area contributed by atoms with Crippen LogP contribution in [0.1, 0.15) is 24.3 Å². The van der Waals surface area contributed by atoms with Crippen molar-refractivity contribution in [2.24, 2.45) is 0 Å². The lowest BCUT2D eigenvalue weighted by Crippen LogP contribution is -2.01. The minimum Gasteiger partial charge on any atom is -0.493 e. The predicted molar refractivity (Wildman–Crippen MR) is 81.0 cm³/mol. The molecule has 0 saturated heterocycles. The summed E-state index contributed by atoms with van der Waals surface area (Å²) in [6, 6.07) is 3.49. The van der Waals surface area contributed by atoms with Crippen LogP contribution in [0.2, 0.25) is 5.02 Å². The largest absolute Gasteiger partial charge is 0.493 e. The van der Waals surface area contributed by atoms with Gasteiger partial charge in [0.2, 0.25) is 0 Å². The van der Waals surface area contributed by atoms with Crippen molar-refractivity contribution in [1.82, 2.24) is 9.97 Å². The van der Waals surface area contributed by atoms with E-state index in [1.807, 2.05) is 6.92 Å². The first kappa shape index (κ1) is 15.5. The van der Waals surface area contributed by atoms with E-state index < -0.39 is 6.10 Å². The topological polar surface area (TPSA) is 64.5 Å². The molecule has 0 amide bonds. The van der Waals surface area contributed by atoms with Crippen LogP contribution in [-0.4, -0.2) is 29.3 Å². The molecule has 6 heteroatoms. The molecule has 0 unspecified atom stereocenters. The molecule has 0 aliphatic heterocycles. The number of rotatable bonds is 4. The number of aliphatic hydroxyl groups excluding tert-OH is 1. The lowest BCUT2D eigenvalue weighted by molar-refractivity contribution is 0.197. The Labute approximate surface area is 128 Å². The maximum absolute atomic E-state index is 9.62. The van der Waals surface area contributed by atoms with Gasteiger partial charge in [-0.05, 0) is 26.0 Å². The minimum atomic E-state index is -0.604. The second kappa shape index (κ2) is 6.28. The first-order valence-corrected chi connectivity index (χ1v) is 6.79. The molecule has 0 radical (unpaired) electrons. The highest BCUT2D eigenvalue weighted by atomic mass is 35.5. The zero-order valence-corrected chi connectivity index (χ0v) is 13.1. The summed E-state index contributed by atoms with van der Waals surface area (Å²) >= 11 is 6.18. The fourth-order valence-corrected chi connectivity index (χ4v) is 2.36. The fraction of sp³-hybridized carbons (Fsp3) is 0.333. The molecule has 0 aliphatic rings. The van der Waals surface area contributed by atoms with Crippen molar-refractivity contribution < 1.29 is 14.6 Å². The maximum atomic E-state index is 9.62. The molecule has 1 atom stereocenters. The molecule has 0 saturated carbocycles. The molecule has 112 valence electrons. The molecule has 2 rings (SSSR count). The van der Waals surface area contributed by atoms with E-state index in [9.17, 15) is 5.11 Å². The summed E-state index contributed by atoms with van der Waals surface area (Å²) in [5.74, 6) is 1.50. The van der Waals surface area contributed by atoms with Crippen LogP contribution in [0.4, 0.5) is 0 Å². The van der Waals surface area contributed by atoms with Crippen molar-refractivity contribution in [2.45, 2.75) is 20.0 Å². The Morgan fingerprint density at radius 3 is 2.48 bits per heavy atom. The van der Waals surface area contributed by atoms with Gasteiger partial charge in [-0.15, -0.1) is 0 Å². The van der Waals surface area contributed by atoms with Gasteiger partial charge in [-0.2, -0.15) is 0 Å². The van der Waals surface area contributed by atoms with Crippen LogP contribution < -0.4 is 9.47 Å². The van der Waals surface area contributed by atoms with Crippen molar-refractivity contribution in [3.05, 3.63) is 34.6 Å². The van der Waals surface area contributed by atoms with Crippen molar-refractivity contribution in [3.8, 4) is 22.9 Å². The summed E-state index contributed by atoms with van der Waals surface area (Å²) in [7, 11) is 3.07. The molecule has 1 N–H and O–H groups in total. The van der Waals surface area contributed by atoms with Crippen LogP contribution in [0.15, 0.2) is 18.3 Å². The highest BCUT2D eigenvalue weighted by Gasteiger charge is 2.15. The number of benzene rings is 1. The molecule has 0 bridgehead atoms. The molecular weight excluding hydrogens is 292 g/mol. The quantitative estimate of drug-likeness (QED) is 0.939. The second-order valence-corrected chi connectivity index (χ2v) is 5.01. The molecule has 0 aliphatic carbocycles. The third kappa shape index (κ3) is 3.09. The SMILES string of the molecule is COc1cc(-c2ncc([C@H](C)O)c(C)n2)cc(Cl)c1OC. The van der Waals surface area contributed by atoms with Crippen LogP contribution in [-0.2, 0) is 0 Å². The molecule has 0 spiro atoms. The van der Waals surface area contributed by atoms with Crippen LogP contribution in [0.25, 0.3) is 11.4 Å². The molecule has 1 heterocycles. The predicted octanol–water partition coefficient (Wildman–Crippen LogP) is 3.18. The van der Waals surface area contributed by atoms with Crippen LogP contribution >= 0.6 is 11.6 Å². The molecule has 1 aromatic heterocycles. The Kier molecular flexibility index (Phi) is 4.65. The Hall–Kier alpha value is -1.85. The monoisotopic (exact) mass is 308 g/mol. The minimum absolute atomic E-state index is 0.424. The second-order valence-electron chi connectivity index (χ2n) is 4.60. The van der Waals surface area contributed by atoms with E-state index in [0.29, 0.717) is 27.9 Å². The summed E-state index contributed by atoms with van der Waals surface area (Å²) in [6.07, 6.45) is 1.01. The third-order valence-electron chi connectivity index (χ3n) is 3.16. The lowest BCUT2D eigenvalue weighted by atomic mass is 10.1. The van der Waals surface area contributed by atoms with Crippen molar-refractivity contribution in [3.63, 3.8) is 0 Å². The van der Waals surface area contributed by atoms with Gasteiger partial charge in [0.25, 0.3) is 0 Å². The third-order valence-corrected chi connectivity index (χ3v) is 3.44. The maximum Gasteiger partial charge on any atom is 0.179 e. The summed E-state index contributed by atoms with van der Waals surface area (Å²) in [5, 5.41) is 10.0. The van der Waals surface area contributed by atoms with E-state index in [1.165, 1.54) is 7.11 Å². The highest BCUT2D eigenvalue weighted by Crippen LogP contribution is 2.38. The van der Waals surface area contributed by atoms with E-state index in [1.54, 1.807) is 32.4 Å². The summed E-state index contributed by atoms with van der Waals surface area (Å²) in [5.41, 5.74) is 2.14. The van der Waals surface area contributed by atoms with Crippen molar-refractivity contribution in [1.29, 1.82) is 0 Å². The van der Waals surface area contributed by atoms with E-state index in [-0.39, 0.29) is 0 Å². The van der Waals surface area contributed by atoms with Crippen molar-refractivity contribution in [2.75, 3.05) is 14.2 Å². The summed E-state index contributed by atoms with van der Waals surface area (Å²) < 4.78 is 10.5. The number of aliphatic hydroxyl groups is 1. The zero-order valence-electron chi connectivity index (χ0n) is 12.3. The van der Waals surface area contributed by atoms with Crippen LogP contribution in [0.3, 0.4) is 0 Å². The summed E-state index contributed by atoms with van der Waals surface area (Å²) in [4.78, 5) is 8.69. The Morgan fingerprint density at radius 2 is 1.95 bits per heavy atom. The first-order valence-electron chi connectivity index (χ1n) is 6.41. The molecule has 5 nitrogen and oxygen atoms in total.